The molecule has 3 amide bonds. The maximum Gasteiger partial charge on any atom is 0.408 e. The number of rotatable bonds is 12. The van der Waals surface area contributed by atoms with E-state index in [1.807, 2.05) is 60.7 Å². The summed E-state index contributed by atoms with van der Waals surface area (Å²) < 4.78 is 10.6. The number of nitroso groups, excluding NO2 is 1. The third-order valence-electron chi connectivity index (χ3n) is 4.80. The van der Waals surface area contributed by atoms with E-state index < -0.39 is 24.1 Å². The molecule has 2 aromatic carbocycles. The molecule has 0 spiro atoms. The molecule has 34 heavy (non-hydrogen) atoms. The van der Waals surface area contributed by atoms with Crippen LogP contribution in [0, 0.1) is 4.91 Å². The lowest BCUT2D eigenvalue weighted by atomic mass is 10.1. The van der Waals surface area contributed by atoms with Gasteiger partial charge in [-0.1, -0.05) is 60.7 Å². The fourth-order valence-electron chi connectivity index (χ4n) is 2.93. The Labute approximate surface area is 197 Å². The average molecular weight is 472 g/mol. The fourth-order valence-corrected chi connectivity index (χ4v) is 2.93. The number of esters is 1. The molecule has 0 aliphatic carbocycles. The van der Waals surface area contributed by atoms with Crippen molar-refractivity contribution >= 4 is 18.1 Å². The molecule has 0 heterocycles. The molecule has 11 heteroatoms. The maximum absolute atomic E-state index is 12.7. The standard InChI is InChI=1S/C23H29N5O6/c1-27(26-32)23(31)28(24)15-9-8-14-20(21(29)33-16-18-10-4-2-5-11-18)25-22(30)34-17-19-12-6-3-7-13-19/h2-7,10-13,20H,8-9,14-17,24H2,1H3,(H,25,30). The summed E-state index contributed by atoms with van der Waals surface area (Å²) in [6, 6.07) is 16.6. The molecule has 0 saturated heterocycles. The van der Waals surface area contributed by atoms with Crippen LogP contribution in [0.25, 0.3) is 0 Å². The Kier molecular flexibility index (Phi) is 11.0. The fraction of sp³-hybridized carbons (Fsp3) is 0.348. The molecule has 0 aromatic heterocycles. The van der Waals surface area contributed by atoms with Gasteiger partial charge in [-0.05, 0) is 30.4 Å². The lowest BCUT2D eigenvalue weighted by Gasteiger charge is -2.20. The maximum atomic E-state index is 12.7. The van der Waals surface area contributed by atoms with E-state index in [1.165, 1.54) is 7.05 Å². The summed E-state index contributed by atoms with van der Waals surface area (Å²) in [6.07, 6.45) is 0.332. The van der Waals surface area contributed by atoms with Crippen LogP contribution in [0.4, 0.5) is 9.59 Å². The minimum atomic E-state index is -0.951. The first-order valence-corrected chi connectivity index (χ1v) is 10.7. The number of hydrogen-bond donors (Lipinski definition) is 2. The third kappa shape index (κ3) is 9.25. The van der Waals surface area contributed by atoms with Crippen molar-refractivity contribution in [2.45, 2.75) is 38.5 Å². The van der Waals surface area contributed by atoms with Gasteiger partial charge in [0.05, 0.1) is 5.29 Å². The van der Waals surface area contributed by atoms with Gasteiger partial charge in [-0.15, -0.1) is 4.91 Å². The molecule has 2 rings (SSSR count). The Morgan fingerprint density at radius 1 is 0.941 bits per heavy atom. The van der Waals surface area contributed by atoms with Crippen molar-refractivity contribution < 1.29 is 23.9 Å². The summed E-state index contributed by atoms with van der Waals surface area (Å²) in [6.45, 7) is 0.247. The summed E-state index contributed by atoms with van der Waals surface area (Å²) in [4.78, 5) is 47.1. The van der Waals surface area contributed by atoms with Crippen LogP contribution in [-0.2, 0) is 27.5 Å². The normalized spacial score (nSPS) is 11.1. The summed E-state index contributed by atoms with van der Waals surface area (Å²) in [5, 5.41) is 6.48. The highest BCUT2D eigenvalue weighted by molar-refractivity contribution is 5.81. The second kappa shape index (κ2) is 14.2. The smallest absolute Gasteiger partial charge is 0.408 e. The number of ether oxygens (including phenoxy) is 2. The predicted octanol–water partition coefficient (Wildman–Crippen LogP) is 3.10. The van der Waals surface area contributed by atoms with Crippen molar-refractivity contribution in [3.8, 4) is 0 Å². The van der Waals surface area contributed by atoms with Crippen molar-refractivity contribution in [1.82, 2.24) is 15.3 Å². The first-order chi connectivity index (χ1) is 16.4. The minimum absolute atomic E-state index is 0.0565. The molecule has 0 saturated carbocycles. The van der Waals surface area contributed by atoms with Crippen LogP contribution in [0.15, 0.2) is 65.9 Å². The van der Waals surface area contributed by atoms with Crippen LogP contribution in [0.1, 0.15) is 30.4 Å². The van der Waals surface area contributed by atoms with Crippen molar-refractivity contribution in [3.63, 3.8) is 0 Å². The number of hydrogen-bond acceptors (Lipinski definition) is 8. The van der Waals surface area contributed by atoms with E-state index in [0.29, 0.717) is 17.9 Å². The molecular weight excluding hydrogens is 442 g/mol. The highest BCUT2D eigenvalue weighted by Crippen LogP contribution is 2.09. The first-order valence-electron chi connectivity index (χ1n) is 10.7. The van der Waals surface area contributed by atoms with E-state index in [9.17, 15) is 19.3 Å². The number of alkyl carbamates (subject to hydrolysis) is 1. The Hall–Kier alpha value is -3.99. The molecule has 3 N–H and O–H groups in total. The molecule has 0 fully saturated rings. The number of nitrogens with zero attached hydrogens (tertiary/aromatic N) is 3. The number of amides is 3. The second-order valence-electron chi connectivity index (χ2n) is 7.43. The van der Waals surface area contributed by atoms with Gasteiger partial charge in [0.2, 0.25) is 0 Å². The lowest BCUT2D eigenvalue weighted by molar-refractivity contribution is -0.147. The number of nitrogens with two attached hydrogens (primary N) is 1. The summed E-state index contributed by atoms with van der Waals surface area (Å²) in [5.74, 6) is 5.01. The number of carbonyl (C=O) groups excluding carboxylic acids is 3. The van der Waals surface area contributed by atoms with E-state index in [2.05, 4.69) is 10.6 Å². The monoisotopic (exact) mass is 471 g/mol. The van der Waals surface area contributed by atoms with Crippen molar-refractivity contribution in [3.05, 3.63) is 76.7 Å². The molecule has 11 nitrogen and oxygen atoms in total. The topological polar surface area (TPSA) is 144 Å². The van der Waals surface area contributed by atoms with Crippen LogP contribution in [0.3, 0.4) is 0 Å². The minimum Gasteiger partial charge on any atom is -0.459 e. The van der Waals surface area contributed by atoms with Gasteiger partial charge in [0.15, 0.2) is 0 Å². The quantitative estimate of drug-likeness (QED) is 0.121. The van der Waals surface area contributed by atoms with E-state index in [4.69, 9.17) is 15.3 Å². The van der Waals surface area contributed by atoms with Crippen LogP contribution in [0.5, 0.6) is 0 Å². The van der Waals surface area contributed by atoms with Gasteiger partial charge < -0.3 is 14.8 Å². The molecule has 1 atom stereocenters. The molecule has 0 radical (unpaired) electrons. The van der Waals surface area contributed by atoms with Gasteiger partial charge in [-0.2, -0.15) is 5.01 Å². The summed E-state index contributed by atoms with van der Waals surface area (Å²) >= 11 is 0. The van der Waals surface area contributed by atoms with Gasteiger partial charge in [0, 0.05) is 13.6 Å². The number of benzene rings is 2. The van der Waals surface area contributed by atoms with Crippen LogP contribution < -0.4 is 11.2 Å². The molecular formula is C23H29N5O6. The van der Waals surface area contributed by atoms with Gasteiger partial charge in [0.1, 0.15) is 19.3 Å². The first kappa shape index (κ1) is 26.3. The predicted molar refractivity (Wildman–Crippen MR) is 123 cm³/mol. The largest absolute Gasteiger partial charge is 0.459 e. The molecule has 182 valence electrons. The van der Waals surface area contributed by atoms with Crippen LogP contribution in [-0.4, -0.2) is 47.7 Å². The van der Waals surface area contributed by atoms with Gasteiger partial charge in [-0.3, -0.25) is 5.01 Å². The zero-order chi connectivity index (χ0) is 24.8. The number of carbonyl (C=O) groups is 3. The summed E-state index contributed by atoms with van der Waals surface area (Å²) in [5.41, 5.74) is 1.62. The van der Waals surface area contributed by atoms with Gasteiger partial charge in [0.25, 0.3) is 0 Å². The number of urea groups is 1. The Morgan fingerprint density at radius 3 is 2.06 bits per heavy atom. The highest BCUT2D eigenvalue weighted by Gasteiger charge is 2.23. The zero-order valence-electron chi connectivity index (χ0n) is 19.0. The molecule has 2 aromatic rings. The van der Waals surface area contributed by atoms with Crippen molar-refractivity contribution in [2.75, 3.05) is 13.6 Å². The van der Waals surface area contributed by atoms with E-state index in [0.717, 1.165) is 16.1 Å². The number of hydrazine groups is 1. The van der Waals surface area contributed by atoms with E-state index in [1.54, 1.807) is 0 Å². The van der Waals surface area contributed by atoms with Crippen molar-refractivity contribution in [1.29, 1.82) is 0 Å². The van der Waals surface area contributed by atoms with E-state index >= 15 is 0 Å². The Balaban J connectivity index is 1.88. The number of nitrogens with one attached hydrogen (secondary N) is 1. The molecule has 0 bridgehead atoms. The molecule has 1 unspecified atom stereocenters. The zero-order valence-corrected chi connectivity index (χ0v) is 19.0. The molecule has 0 aliphatic rings. The van der Waals surface area contributed by atoms with Crippen LogP contribution in [0.2, 0.25) is 0 Å². The Bertz CT molecular complexity index is 928. The van der Waals surface area contributed by atoms with E-state index in [-0.39, 0.29) is 26.2 Å². The van der Waals surface area contributed by atoms with Crippen LogP contribution >= 0.6 is 0 Å². The van der Waals surface area contributed by atoms with Gasteiger partial charge >= 0.3 is 18.1 Å². The SMILES string of the molecule is CN(N=O)C(=O)N(N)CCCCC(NC(=O)OCc1ccccc1)C(=O)OCc1ccccc1. The van der Waals surface area contributed by atoms with Crippen molar-refractivity contribution in [2.24, 2.45) is 11.1 Å². The highest BCUT2D eigenvalue weighted by atomic mass is 16.6. The lowest BCUT2D eigenvalue weighted by Crippen LogP contribution is -2.44. The second-order valence-corrected chi connectivity index (χ2v) is 7.43. The average Bonchev–Trinajstić information content (AvgIpc) is 2.87. The number of unbranched alkanes of at least 4 members (excludes halogenated alkanes) is 1. The molecule has 0 aliphatic heterocycles. The Morgan fingerprint density at radius 2 is 1.50 bits per heavy atom. The third-order valence-corrected chi connectivity index (χ3v) is 4.80. The summed E-state index contributed by atoms with van der Waals surface area (Å²) in [7, 11) is 1.19. The van der Waals surface area contributed by atoms with Gasteiger partial charge in [-0.25, -0.2) is 20.2 Å².